The van der Waals surface area contributed by atoms with E-state index in [0.717, 1.165) is 16.1 Å². The van der Waals surface area contributed by atoms with Gasteiger partial charge in [0.05, 0.1) is 26.2 Å². The highest BCUT2D eigenvalue weighted by Crippen LogP contribution is 2.34. The van der Waals surface area contributed by atoms with Crippen LogP contribution in [0.4, 0.5) is 5.69 Å². The van der Waals surface area contributed by atoms with Crippen molar-refractivity contribution < 1.29 is 27.5 Å². The number of likely N-dealkylation sites (N-methyl/N-ethyl adjacent to an activating group) is 1. The van der Waals surface area contributed by atoms with Gasteiger partial charge in [0.2, 0.25) is 21.8 Å². The Morgan fingerprint density at radius 2 is 1.74 bits per heavy atom. The van der Waals surface area contributed by atoms with E-state index in [1.807, 2.05) is 0 Å². The van der Waals surface area contributed by atoms with Crippen molar-refractivity contribution in [3.63, 3.8) is 0 Å². The van der Waals surface area contributed by atoms with Gasteiger partial charge in [-0.1, -0.05) is 23.7 Å². The minimum absolute atomic E-state index is 0.0845. The van der Waals surface area contributed by atoms with Crippen molar-refractivity contribution in [3.05, 3.63) is 53.1 Å². The van der Waals surface area contributed by atoms with Crippen molar-refractivity contribution in [1.29, 1.82) is 0 Å². The molecule has 0 spiro atoms. The first-order valence-corrected chi connectivity index (χ1v) is 12.8. The fraction of sp³-hybridized carbons (Fsp3) is 0.391. The number of rotatable bonds is 11. The molecule has 0 fully saturated rings. The van der Waals surface area contributed by atoms with E-state index in [1.165, 1.54) is 25.2 Å². The van der Waals surface area contributed by atoms with Crippen molar-refractivity contribution in [2.45, 2.75) is 26.4 Å². The third-order valence-electron chi connectivity index (χ3n) is 5.12. The average molecular weight is 512 g/mol. The number of benzene rings is 2. The summed E-state index contributed by atoms with van der Waals surface area (Å²) in [5, 5.41) is 3.24. The number of methoxy groups -OCH3 is 2. The predicted octanol–water partition coefficient (Wildman–Crippen LogP) is 2.68. The highest BCUT2D eigenvalue weighted by molar-refractivity contribution is 7.92. The summed E-state index contributed by atoms with van der Waals surface area (Å²) < 4.78 is 36.9. The van der Waals surface area contributed by atoms with Crippen LogP contribution in [-0.4, -0.2) is 64.7 Å². The van der Waals surface area contributed by atoms with Crippen LogP contribution in [0.3, 0.4) is 0 Å². The third-order valence-corrected chi connectivity index (χ3v) is 6.50. The monoisotopic (exact) mass is 511 g/mol. The van der Waals surface area contributed by atoms with Crippen LogP contribution >= 0.6 is 11.6 Å². The quantitative estimate of drug-likeness (QED) is 0.497. The molecule has 2 aromatic rings. The van der Waals surface area contributed by atoms with E-state index in [2.05, 4.69) is 5.32 Å². The fourth-order valence-corrected chi connectivity index (χ4v) is 4.25. The Morgan fingerprint density at radius 1 is 1.09 bits per heavy atom. The molecule has 1 atom stereocenters. The molecule has 0 aliphatic rings. The maximum atomic E-state index is 13.5. The summed E-state index contributed by atoms with van der Waals surface area (Å²) in [4.78, 5) is 27.4. The van der Waals surface area contributed by atoms with Crippen molar-refractivity contribution in [2.24, 2.45) is 0 Å². The van der Waals surface area contributed by atoms with Gasteiger partial charge in [-0.2, -0.15) is 0 Å². The lowest BCUT2D eigenvalue weighted by Crippen LogP contribution is -2.51. The minimum Gasteiger partial charge on any atom is -0.497 e. The average Bonchev–Trinajstić information content (AvgIpc) is 2.80. The number of halogens is 1. The van der Waals surface area contributed by atoms with E-state index in [4.69, 9.17) is 21.1 Å². The van der Waals surface area contributed by atoms with E-state index in [1.54, 1.807) is 50.2 Å². The highest BCUT2D eigenvalue weighted by Gasteiger charge is 2.31. The van der Waals surface area contributed by atoms with Gasteiger partial charge in [-0.25, -0.2) is 8.42 Å². The molecule has 9 nitrogen and oxygen atoms in total. The topological polar surface area (TPSA) is 105 Å². The zero-order chi connectivity index (χ0) is 25.5. The molecule has 1 unspecified atom stereocenters. The Balaban J connectivity index is 2.47. The number of carbonyl (C=O) groups is 2. The van der Waals surface area contributed by atoms with Gasteiger partial charge >= 0.3 is 0 Å². The van der Waals surface area contributed by atoms with Crippen molar-refractivity contribution >= 4 is 39.1 Å². The molecule has 0 saturated carbocycles. The van der Waals surface area contributed by atoms with E-state index in [-0.39, 0.29) is 23.9 Å². The molecule has 11 heteroatoms. The van der Waals surface area contributed by atoms with Gasteiger partial charge in [0.15, 0.2) is 0 Å². The van der Waals surface area contributed by atoms with E-state index in [9.17, 15) is 18.0 Å². The molecular weight excluding hydrogens is 482 g/mol. The molecule has 0 radical (unpaired) electrons. The van der Waals surface area contributed by atoms with Gasteiger partial charge in [0.1, 0.15) is 24.1 Å². The van der Waals surface area contributed by atoms with Gasteiger partial charge in [-0.15, -0.1) is 0 Å². The van der Waals surface area contributed by atoms with Crippen molar-refractivity contribution in [1.82, 2.24) is 10.2 Å². The van der Waals surface area contributed by atoms with Gasteiger partial charge in [-0.05, 0) is 43.7 Å². The van der Waals surface area contributed by atoms with Gasteiger partial charge in [0.25, 0.3) is 0 Å². The van der Waals surface area contributed by atoms with E-state index >= 15 is 0 Å². The molecule has 0 saturated heterocycles. The maximum absolute atomic E-state index is 13.5. The van der Waals surface area contributed by atoms with E-state index in [0.29, 0.717) is 17.3 Å². The lowest BCUT2D eigenvalue weighted by molar-refractivity contribution is -0.139. The summed E-state index contributed by atoms with van der Waals surface area (Å²) >= 11 is 5.97. The number of anilines is 1. The zero-order valence-electron chi connectivity index (χ0n) is 19.9. The minimum atomic E-state index is -3.91. The molecule has 0 aromatic heterocycles. The summed E-state index contributed by atoms with van der Waals surface area (Å²) in [5.74, 6) is -0.274. The molecule has 2 aromatic carbocycles. The molecule has 2 rings (SSSR count). The van der Waals surface area contributed by atoms with Crippen LogP contribution in [0.5, 0.6) is 11.5 Å². The van der Waals surface area contributed by atoms with Crippen LogP contribution in [0.2, 0.25) is 5.02 Å². The van der Waals surface area contributed by atoms with E-state index < -0.39 is 28.5 Å². The van der Waals surface area contributed by atoms with Gasteiger partial charge in [0, 0.05) is 24.2 Å². The van der Waals surface area contributed by atoms with Crippen molar-refractivity contribution in [2.75, 3.05) is 37.9 Å². The smallest absolute Gasteiger partial charge is 0.244 e. The number of nitrogens with one attached hydrogen (secondary N) is 1. The summed E-state index contributed by atoms with van der Waals surface area (Å²) in [6.45, 7) is 3.30. The van der Waals surface area contributed by atoms with Crippen LogP contribution in [-0.2, 0) is 26.2 Å². The molecule has 34 heavy (non-hydrogen) atoms. The molecular formula is C23H30ClN3O6S. The standard InChI is InChI=1S/C23H30ClN3O6S/c1-6-25-23(29)16(2)26(14-17-7-9-18(24)10-8-17)22(28)15-27(34(5,30)31)20-13-19(32-3)11-12-21(20)33-4/h7-13,16H,6,14-15H2,1-5H3,(H,25,29). The number of amides is 2. The number of nitrogens with zero attached hydrogens (tertiary/aromatic N) is 2. The molecule has 0 aliphatic carbocycles. The lowest BCUT2D eigenvalue weighted by atomic mass is 10.1. The van der Waals surface area contributed by atoms with Crippen molar-refractivity contribution in [3.8, 4) is 11.5 Å². The summed E-state index contributed by atoms with van der Waals surface area (Å²) in [7, 11) is -1.06. The second-order valence-electron chi connectivity index (χ2n) is 7.53. The Labute approximate surface area is 205 Å². The molecule has 186 valence electrons. The predicted molar refractivity (Wildman–Crippen MR) is 132 cm³/mol. The first-order valence-electron chi connectivity index (χ1n) is 10.5. The summed E-state index contributed by atoms with van der Waals surface area (Å²) in [6.07, 6.45) is 0.996. The molecule has 2 amide bonds. The molecule has 1 N–H and O–H groups in total. The number of sulfonamides is 1. The van der Waals surface area contributed by atoms with Crippen LogP contribution in [0.1, 0.15) is 19.4 Å². The van der Waals surface area contributed by atoms with Crippen LogP contribution in [0.25, 0.3) is 0 Å². The lowest BCUT2D eigenvalue weighted by Gasteiger charge is -2.31. The molecule has 0 bridgehead atoms. The third kappa shape index (κ3) is 7.01. The van der Waals surface area contributed by atoms with Crippen LogP contribution in [0, 0.1) is 0 Å². The SMILES string of the molecule is CCNC(=O)C(C)N(Cc1ccc(Cl)cc1)C(=O)CN(c1cc(OC)ccc1OC)S(C)(=O)=O. The second kappa shape index (κ2) is 11.9. The molecule has 0 aliphatic heterocycles. The van der Waals surface area contributed by atoms with Gasteiger partial charge in [-0.3, -0.25) is 13.9 Å². The number of hydrogen-bond acceptors (Lipinski definition) is 6. The zero-order valence-corrected chi connectivity index (χ0v) is 21.4. The Morgan fingerprint density at radius 3 is 2.26 bits per heavy atom. The largest absolute Gasteiger partial charge is 0.497 e. The number of ether oxygens (including phenoxy) is 2. The number of hydrogen-bond donors (Lipinski definition) is 1. The van der Waals surface area contributed by atoms with Crippen LogP contribution in [0.15, 0.2) is 42.5 Å². The Kier molecular flexibility index (Phi) is 9.57. The maximum Gasteiger partial charge on any atom is 0.244 e. The highest BCUT2D eigenvalue weighted by atomic mass is 35.5. The normalized spacial score (nSPS) is 11.9. The fourth-order valence-electron chi connectivity index (χ4n) is 3.28. The first kappa shape index (κ1) is 27.3. The number of carbonyl (C=O) groups excluding carboxylic acids is 2. The Hall–Kier alpha value is -2.98. The Bertz CT molecular complexity index is 1110. The molecule has 0 heterocycles. The summed E-state index contributed by atoms with van der Waals surface area (Å²) in [5.41, 5.74) is 0.883. The second-order valence-corrected chi connectivity index (χ2v) is 9.87. The van der Waals surface area contributed by atoms with Crippen LogP contribution < -0.4 is 19.1 Å². The summed E-state index contributed by atoms with van der Waals surface area (Å²) in [6, 6.07) is 10.6. The van der Waals surface area contributed by atoms with Gasteiger partial charge < -0.3 is 19.7 Å². The first-order chi connectivity index (χ1) is 16.0.